The second-order valence-corrected chi connectivity index (χ2v) is 6.26. The number of anilines is 2. The van der Waals surface area contributed by atoms with E-state index in [1.165, 1.54) is 6.20 Å². The zero-order chi connectivity index (χ0) is 18.8. The summed E-state index contributed by atoms with van der Waals surface area (Å²) in [5.74, 6) is 0.433. The second kappa shape index (κ2) is 7.05. The van der Waals surface area contributed by atoms with Crippen LogP contribution in [0.3, 0.4) is 0 Å². The average molecular weight is 363 g/mol. The lowest BCUT2D eigenvalue weighted by atomic mass is 9.88. The van der Waals surface area contributed by atoms with Crippen LogP contribution in [0.25, 0.3) is 0 Å². The van der Waals surface area contributed by atoms with Gasteiger partial charge in [0.2, 0.25) is 5.91 Å². The van der Waals surface area contributed by atoms with Crippen molar-refractivity contribution >= 4 is 23.2 Å². The van der Waals surface area contributed by atoms with E-state index in [9.17, 15) is 14.7 Å². The molecule has 7 heteroatoms. The highest BCUT2D eigenvalue weighted by molar-refractivity contribution is 6.04. The van der Waals surface area contributed by atoms with Gasteiger partial charge in [-0.25, -0.2) is 0 Å². The lowest BCUT2D eigenvalue weighted by molar-refractivity contribution is -0.116. The summed E-state index contributed by atoms with van der Waals surface area (Å²) in [7, 11) is 0. The molecule has 1 aliphatic rings. The van der Waals surface area contributed by atoms with Crippen LogP contribution in [0.4, 0.5) is 11.4 Å². The Morgan fingerprint density at radius 1 is 1.30 bits per heavy atom. The summed E-state index contributed by atoms with van der Waals surface area (Å²) in [6.07, 6.45) is 3.34. The number of hydrogen-bond donors (Lipinski definition) is 3. The molecule has 0 radical (unpaired) electrons. The molecule has 0 bridgehead atoms. The van der Waals surface area contributed by atoms with Crippen molar-refractivity contribution in [2.75, 3.05) is 10.6 Å². The van der Waals surface area contributed by atoms with Gasteiger partial charge in [0.15, 0.2) is 0 Å². The van der Waals surface area contributed by atoms with Gasteiger partial charge in [-0.3, -0.25) is 14.6 Å². The van der Waals surface area contributed by atoms with Crippen molar-refractivity contribution in [3.63, 3.8) is 0 Å². The maximum absolute atomic E-state index is 12.3. The van der Waals surface area contributed by atoms with Gasteiger partial charge >= 0.3 is 0 Å². The number of hydrogen-bond acceptors (Lipinski definition) is 5. The highest BCUT2D eigenvalue weighted by Gasteiger charge is 2.29. The van der Waals surface area contributed by atoms with E-state index in [0.29, 0.717) is 28.5 Å². The van der Waals surface area contributed by atoms with Gasteiger partial charge in [0.1, 0.15) is 18.1 Å². The van der Waals surface area contributed by atoms with Crippen LogP contribution < -0.4 is 10.6 Å². The van der Waals surface area contributed by atoms with Gasteiger partial charge in [0.25, 0.3) is 5.91 Å². The zero-order valence-corrected chi connectivity index (χ0v) is 14.3. The molecule has 136 valence electrons. The molecule has 1 aromatic carbocycles. The molecular weight excluding hydrogens is 346 g/mol. The molecule has 27 heavy (non-hydrogen) atoms. The summed E-state index contributed by atoms with van der Waals surface area (Å²) >= 11 is 0. The number of aromatic nitrogens is 1. The number of pyridine rings is 1. The Morgan fingerprint density at radius 3 is 2.93 bits per heavy atom. The van der Waals surface area contributed by atoms with Gasteiger partial charge in [-0.15, -0.1) is 0 Å². The van der Waals surface area contributed by atoms with Gasteiger partial charge in [-0.1, -0.05) is 6.07 Å². The summed E-state index contributed by atoms with van der Waals surface area (Å²) in [5, 5.41) is 14.8. The molecule has 2 aromatic heterocycles. The van der Waals surface area contributed by atoms with E-state index in [4.69, 9.17) is 4.42 Å². The van der Waals surface area contributed by atoms with Gasteiger partial charge in [0, 0.05) is 30.2 Å². The molecule has 0 aliphatic carbocycles. The second-order valence-electron chi connectivity index (χ2n) is 6.26. The SMILES string of the molecule is O=C1C[C@H](c2ccc(CO)o2)c2ccc(NC(=O)c3cccnc3)cc2N1. The first-order valence-electron chi connectivity index (χ1n) is 8.48. The molecule has 3 heterocycles. The fourth-order valence-corrected chi connectivity index (χ4v) is 3.16. The Balaban J connectivity index is 1.61. The lowest BCUT2D eigenvalue weighted by Crippen LogP contribution is -2.23. The summed E-state index contributed by atoms with van der Waals surface area (Å²) < 4.78 is 5.62. The molecule has 3 aromatic rings. The molecule has 1 aliphatic heterocycles. The summed E-state index contributed by atoms with van der Waals surface area (Å²) in [6.45, 7) is -0.189. The van der Waals surface area contributed by atoms with E-state index in [1.807, 2.05) is 6.07 Å². The molecule has 0 fully saturated rings. The monoisotopic (exact) mass is 363 g/mol. The smallest absolute Gasteiger partial charge is 0.257 e. The Kier molecular flexibility index (Phi) is 4.43. The Morgan fingerprint density at radius 2 is 2.19 bits per heavy atom. The van der Waals surface area contributed by atoms with Crippen molar-refractivity contribution in [1.29, 1.82) is 0 Å². The molecular formula is C20H17N3O4. The highest BCUT2D eigenvalue weighted by Crippen LogP contribution is 2.39. The first-order valence-corrected chi connectivity index (χ1v) is 8.48. The number of furan rings is 1. The van der Waals surface area contributed by atoms with E-state index in [2.05, 4.69) is 15.6 Å². The number of fused-ring (bicyclic) bond motifs is 1. The number of carbonyl (C=O) groups excluding carboxylic acids is 2. The highest BCUT2D eigenvalue weighted by atomic mass is 16.4. The van der Waals surface area contributed by atoms with Gasteiger partial charge in [-0.05, 0) is 42.0 Å². The molecule has 2 amide bonds. The molecule has 0 unspecified atom stereocenters. The van der Waals surface area contributed by atoms with Gasteiger partial charge in [0.05, 0.1) is 11.5 Å². The third-order valence-corrected chi connectivity index (χ3v) is 4.46. The fourth-order valence-electron chi connectivity index (χ4n) is 3.16. The maximum atomic E-state index is 12.3. The predicted octanol–water partition coefficient (Wildman–Crippen LogP) is 2.89. The van der Waals surface area contributed by atoms with Crippen molar-refractivity contribution in [3.8, 4) is 0 Å². The number of aliphatic hydroxyl groups is 1. The minimum atomic E-state index is -0.277. The van der Waals surface area contributed by atoms with Crippen LogP contribution in [0.2, 0.25) is 0 Å². The Hall–Kier alpha value is -3.45. The van der Waals surface area contributed by atoms with Gasteiger partial charge < -0.3 is 20.2 Å². The molecule has 3 N–H and O–H groups in total. The number of amides is 2. The van der Waals surface area contributed by atoms with E-state index in [1.54, 1.807) is 42.6 Å². The van der Waals surface area contributed by atoms with E-state index < -0.39 is 0 Å². The fraction of sp³-hybridized carbons (Fsp3) is 0.150. The number of rotatable bonds is 4. The average Bonchev–Trinajstić information content (AvgIpc) is 3.17. The predicted molar refractivity (Wildman–Crippen MR) is 98.4 cm³/mol. The molecule has 4 rings (SSSR count). The van der Waals surface area contributed by atoms with E-state index >= 15 is 0 Å². The number of nitrogens with zero attached hydrogens (tertiary/aromatic N) is 1. The van der Waals surface area contributed by atoms with Crippen LogP contribution >= 0.6 is 0 Å². The zero-order valence-electron chi connectivity index (χ0n) is 14.3. The lowest BCUT2D eigenvalue weighted by Gasteiger charge is -2.25. The molecule has 1 atom stereocenters. The van der Waals surface area contributed by atoms with Crippen molar-refractivity contribution < 1.29 is 19.1 Å². The largest absolute Gasteiger partial charge is 0.463 e. The van der Waals surface area contributed by atoms with Gasteiger partial charge in [-0.2, -0.15) is 0 Å². The number of benzene rings is 1. The van der Waals surface area contributed by atoms with Crippen LogP contribution in [0, 0.1) is 0 Å². The van der Waals surface area contributed by atoms with Crippen LogP contribution in [0.15, 0.2) is 59.3 Å². The standard InChI is InChI=1S/C20H17N3O4/c24-11-14-4-6-18(27-14)16-9-19(25)23-17-8-13(3-5-15(16)17)22-20(26)12-2-1-7-21-10-12/h1-8,10,16,24H,9,11H2,(H,22,26)(H,23,25)/t16-/m0/s1. The minimum Gasteiger partial charge on any atom is -0.463 e. The Labute approximate surface area is 155 Å². The molecule has 0 saturated carbocycles. The van der Waals surface area contributed by atoms with Crippen molar-refractivity contribution in [2.24, 2.45) is 0 Å². The first-order chi connectivity index (χ1) is 13.1. The number of aliphatic hydroxyl groups excluding tert-OH is 1. The minimum absolute atomic E-state index is 0.134. The number of carbonyl (C=O) groups is 2. The molecule has 7 nitrogen and oxygen atoms in total. The van der Waals surface area contributed by atoms with Crippen LogP contribution in [0.1, 0.15) is 39.8 Å². The first kappa shape index (κ1) is 17.0. The maximum Gasteiger partial charge on any atom is 0.257 e. The van der Waals surface area contributed by atoms with Crippen LogP contribution in [-0.2, 0) is 11.4 Å². The summed E-state index contributed by atoms with van der Waals surface area (Å²) in [4.78, 5) is 28.4. The normalized spacial score (nSPS) is 15.7. The summed E-state index contributed by atoms with van der Waals surface area (Å²) in [6, 6.07) is 12.2. The van der Waals surface area contributed by atoms with Crippen LogP contribution in [0.5, 0.6) is 0 Å². The third kappa shape index (κ3) is 3.45. The van der Waals surface area contributed by atoms with Crippen molar-refractivity contribution in [1.82, 2.24) is 4.98 Å². The number of nitrogens with one attached hydrogen (secondary N) is 2. The summed E-state index contributed by atoms with van der Waals surface area (Å²) in [5.41, 5.74) is 2.54. The molecule has 0 spiro atoms. The third-order valence-electron chi connectivity index (χ3n) is 4.46. The molecule has 0 saturated heterocycles. The van der Waals surface area contributed by atoms with Crippen molar-refractivity contribution in [3.05, 3.63) is 77.5 Å². The van der Waals surface area contributed by atoms with E-state index in [-0.39, 0.29) is 30.8 Å². The van der Waals surface area contributed by atoms with Crippen LogP contribution in [-0.4, -0.2) is 21.9 Å². The Bertz CT molecular complexity index is 997. The topological polar surface area (TPSA) is 104 Å². The van der Waals surface area contributed by atoms with E-state index in [0.717, 1.165) is 5.56 Å². The van der Waals surface area contributed by atoms with Crippen molar-refractivity contribution in [2.45, 2.75) is 18.9 Å². The quantitative estimate of drug-likeness (QED) is 0.661.